The number of hydrogen-bond donors (Lipinski definition) is 2. The summed E-state index contributed by atoms with van der Waals surface area (Å²) in [6.45, 7) is 1.34. The smallest absolute Gasteiger partial charge is 0.0835 e. The molecule has 10 heavy (non-hydrogen) atoms. The van der Waals surface area contributed by atoms with Crippen LogP contribution in [-0.2, 0) is 4.74 Å². The van der Waals surface area contributed by atoms with Gasteiger partial charge < -0.3 is 15.6 Å². The van der Waals surface area contributed by atoms with Gasteiger partial charge in [-0.3, -0.25) is 0 Å². The Kier molecular flexibility index (Phi) is 3.12. The van der Waals surface area contributed by atoms with Crippen LogP contribution in [0.5, 0.6) is 0 Å². The van der Waals surface area contributed by atoms with Crippen LogP contribution >= 0.6 is 0 Å². The fourth-order valence-corrected chi connectivity index (χ4v) is 1.26. The number of hydrogen-bond acceptors (Lipinski definition) is 3. The van der Waals surface area contributed by atoms with Crippen LogP contribution in [0.25, 0.3) is 0 Å². The van der Waals surface area contributed by atoms with E-state index in [4.69, 9.17) is 10.5 Å². The van der Waals surface area contributed by atoms with Gasteiger partial charge in [0.05, 0.1) is 12.2 Å². The number of rotatable bonds is 3. The van der Waals surface area contributed by atoms with Gasteiger partial charge in [-0.15, -0.1) is 0 Å². The van der Waals surface area contributed by atoms with E-state index in [1.165, 1.54) is 0 Å². The van der Waals surface area contributed by atoms with Crippen molar-refractivity contribution in [2.75, 3.05) is 13.2 Å². The third-order valence-corrected chi connectivity index (χ3v) is 1.86. The summed E-state index contributed by atoms with van der Waals surface area (Å²) in [5.74, 6) is 0. The van der Waals surface area contributed by atoms with Crippen LogP contribution in [0.3, 0.4) is 0 Å². The van der Waals surface area contributed by atoms with Crippen molar-refractivity contribution in [1.29, 1.82) is 0 Å². The fourth-order valence-electron chi connectivity index (χ4n) is 1.26. The van der Waals surface area contributed by atoms with E-state index < -0.39 is 0 Å². The lowest BCUT2D eigenvalue weighted by atomic mass is 10.1. The molecule has 0 aliphatic carbocycles. The van der Waals surface area contributed by atoms with E-state index >= 15 is 0 Å². The summed E-state index contributed by atoms with van der Waals surface area (Å²) in [5, 5.41) is 9.34. The molecule has 0 saturated carbocycles. The molecule has 0 radical (unpaired) electrons. The van der Waals surface area contributed by atoms with Crippen molar-refractivity contribution >= 4 is 0 Å². The first-order chi connectivity index (χ1) is 4.84. The second-order valence-corrected chi connectivity index (χ2v) is 2.70. The molecule has 1 rings (SSSR count). The Labute approximate surface area is 61.2 Å². The summed E-state index contributed by atoms with van der Waals surface area (Å²) in [5.41, 5.74) is 5.28. The molecule has 0 aromatic rings. The third kappa shape index (κ3) is 1.94. The Morgan fingerprint density at radius 2 is 2.50 bits per heavy atom. The van der Waals surface area contributed by atoms with E-state index in [0.717, 1.165) is 19.4 Å². The van der Waals surface area contributed by atoms with Crippen LogP contribution in [-0.4, -0.2) is 30.5 Å². The summed E-state index contributed by atoms with van der Waals surface area (Å²) in [4.78, 5) is 0. The summed E-state index contributed by atoms with van der Waals surface area (Å²) in [6, 6.07) is 0. The van der Waals surface area contributed by atoms with E-state index in [2.05, 4.69) is 0 Å². The number of nitrogens with two attached hydrogens (primary N) is 1. The minimum absolute atomic E-state index is 0.0588. The van der Waals surface area contributed by atoms with Gasteiger partial charge in [-0.2, -0.15) is 0 Å². The highest BCUT2D eigenvalue weighted by Crippen LogP contribution is 2.16. The minimum Gasteiger partial charge on any atom is -0.390 e. The zero-order valence-electron chi connectivity index (χ0n) is 6.12. The van der Waals surface area contributed by atoms with E-state index in [1.807, 2.05) is 0 Å². The van der Waals surface area contributed by atoms with Gasteiger partial charge in [0.25, 0.3) is 0 Å². The number of aliphatic hydroxyl groups excluding tert-OH is 1. The van der Waals surface area contributed by atoms with Crippen LogP contribution in [0, 0.1) is 0 Å². The fraction of sp³-hybridized carbons (Fsp3) is 1.00. The van der Waals surface area contributed by atoms with Gasteiger partial charge in [-0.1, -0.05) is 0 Å². The van der Waals surface area contributed by atoms with Crippen molar-refractivity contribution in [3.05, 3.63) is 0 Å². The molecule has 0 bridgehead atoms. The Morgan fingerprint density at radius 3 is 3.00 bits per heavy atom. The van der Waals surface area contributed by atoms with Crippen molar-refractivity contribution in [2.24, 2.45) is 5.73 Å². The highest BCUT2D eigenvalue weighted by Gasteiger charge is 2.22. The molecule has 0 spiro atoms. The molecule has 1 saturated heterocycles. The predicted octanol–water partition coefficient (Wildman–Crippen LogP) is -0.125. The maximum atomic E-state index is 9.34. The van der Waals surface area contributed by atoms with Gasteiger partial charge in [0.2, 0.25) is 0 Å². The normalized spacial score (nSPS) is 28.8. The Balaban J connectivity index is 2.18. The number of aliphatic hydroxyl groups is 1. The predicted molar refractivity (Wildman–Crippen MR) is 38.7 cm³/mol. The minimum atomic E-state index is -0.340. The van der Waals surface area contributed by atoms with Crippen LogP contribution < -0.4 is 5.73 Å². The van der Waals surface area contributed by atoms with Gasteiger partial charge in [0, 0.05) is 6.61 Å². The van der Waals surface area contributed by atoms with Gasteiger partial charge in [0.15, 0.2) is 0 Å². The van der Waals surface area contributed by atoms with Gasteiger partial charge in [-0.05, 0) is 25.8 Å². The molecule has 3 heteroatoms. The second-order valence-electron chi connectivity index (χ2n) is 2.70. The third-order valence-electron chi connectivity index (χ3n) is 1.86. The largest absolute Gasteiger partial charge is 0.390 e. The highest BCUT2D eigenvalue weighted by molar-refractivity contribution is 4.73. The Hall–Kier alpha value is -0.120. The SMILES string of the molecule is NCC[C@@H](O)C1CCCO1. The topological polar surface area (TPSA) is 55.5 Å². The zero-order chi connectivity index (χ0) is 7.40. The Morgan fingerprint density at radius 1 is 1.70 bits per heavy atom. The van der Waals surface area contributed by atoms with Crippen molar-refractivity contribution < 1.29 is 9.84 Å². The molecule has 1 heterocycles. The molecular formula is C7H15NO2. The molecule has 0 aromatic heterocycles. The molecule has 0 aromatic carbocycles. The molecule has 2 atom stereocenters. The van der Waals surface area contributed by atoms with Crippen molar-refractivity contribution in [1.82, 2.24) is 0 Å². The maximum Gasteiger partial charge on any atom is 0.0835 e. The molecule has 0 amide bonds. The molecule has 3 nitrogen and oxygen atoms in total. The number of ether oxygens (including phenoxy) is 1. The van der Waals surface area contributed by atoms with Crippen LogP contribution in [0.4, 0.5) is 0 Å². The van der Waals surface area contributed by atoms with Gasteiger partial charge >= 0.3 is 0 Å². The first-order valence-corrected chi connectivity index (χ1v) is 3.84. The lowest BCUT2D eigenvalue weighted by Gasteiger charge is -2.15. The first kappa shape index (κ1) is 7.98. The molecule has 1 fully saturated rings. The highest BCUT2D eigenvalue weighted by atomic mass is 16.5. The first-order valence-electron chi connectivity index (χ1n) is 3.84. The Bertz CT molecular complexity index is 91.6. The average Bonchev–Trinajstić information content (AvgIpc) is 2.38. The van der Waals surface area contributed by atoms with Gasteiger partial charge in [0.1, 0.15) is 0 Å². The molecule has 60 valence electrons. The zero-order valence-corrected chi connectivity index (χ0v) is 6.12. The quantitative estimate of drug-likeness (QED) is 0.582. The molecular weight excluding hydrogens is 130 g/mol. The van der Waals surface area contributed by atoms with Crippen molar-refractivity contribution in [2.45, 2.75) is 31.5 Å². The maximum absolute atomic E-state index is 9.34. The molecule has 1 unspecified atom stereocenters. The molecule has 1 aliphatic rings. The molecule has 3 N–H and O–H groups in total. The van der Waals surface area contributed by atoms with E-state index in [1.54, 1.807) is 0 Å². The lowest BCUT2D eigenvalue weighted by molar-refractivity contribution is -0.00394. The lowest BCUT2D eigenvalue weighted by Crippen LogP contribution is -2.27. The molecule has 1 aliphatic heterocycles. The van der Waals surface area contributed by atoms with Crippen molar-refractivity contribution in [3.8, 4) is 0 Å². The monoisotopic (exact) mass is 145 g/mol. The van der Waals surface area contributed by atoms with E-state index in [9.17, 15) is 5.11 Å². The summed E-state index contributed by atoms with van der Waals surface area (Å²) >= 11 is 0. The van der Waals surface area contributed by atoms with Crippen LogP contribution in [0.2, 0.25) is 0 Å². The second kappa shape index (κ2) is 3.91. The van der Waals surface area contributed by atoms with E-state index in [-0.39, 0.29) is 12.2 Å². The van der Waals surface area contributed by atoms with Crippen LogP contribution in [0.15, 0.2) is 0 Å². The van der Waals surface area contributed by atoms with Crippen LogP contribution in [0.1, 0.15) is 19.3 Å². The summed E-state index contributed by atoms with van der Waals surface area (Å²) < 4.78 is 5.26. The van der Waals surface area contributed by atoms with E-state index in [0.29, 0.717) is 13.0 Å². The van der Waals surface area contributed by atoms with Gasteiger partial charge in [-0.25, -0.2) is 0 Å². The summed E-state index contributed by atoms with van der Waals surface area (Å²) in [6.07, 6.45) is 2.44. The van der Waals surface area contributed by atoms with Crippen molar-refractivity contribution in [3.63, 3.8) is 0 Å². The summed E-state index contributed by atoms with van der Waals surface area (Å²) in [7, 11) is 0. The standard InChI is InChI=1S/C7H15NO2/c8-4-3-6(9)7-2-1-5-10-7/h6-7,9H,1-5,8H2/t6-,7?/m1/s1. The average molecular weight is 145 g/mol.